The van der Waals surface area contributed by atoms with Crippen LogP contribution in [0.5, 0.6) is 11.5 Å². The molecule has 9 heteroatoms. The number of amides is 1. The van der Waals surface area contributed by atoms with E-state index in [0.29, 0.717) is 25.4 Å². The van der Waals surface area contributed by atoms with Crippen molar-refractivity contribution < 1.29 is 37.3 Å². The quantitative estimate of drug-likeness (QED) is 0.559. The fraction of sp³-hybridized carbons (Fsp3) is 0.696. The van der Waals surface area contributed by atoms with Crippen LogP contribution in [0.2, 0.25) is 0 Å². The summed E-state index contributed by atoms with van der Waals surface area (Å²) in [5, 5.41) is 13.0. The topological polar surface area (TPSA) is 77.0 Å². The fourth-order valence-electron chi connectivity index (χ4n) is 4.37. The van der Waals surface area contributed by atoms with E-state index in [9.17, 15) is 23.1 Å². The van der Waals surface area contributed by atoms with Gasteiger partial charge in [-0.25, -0.2) is 4.39 Å². The Morgan fingerprint density at radius 2 is 1.78 bits per heavy atom. The molecule has 0 bridgehead atoms. The van der Waals surface area contributed by atoms with Crippen LogP contribution in [0, 0.1) is 17.7 Å². The third-order valence-electron chi connectivity index (χ3n) is 6.57. The molecule has 0 aromatic heterocycles. The van der Waals surface area contributed by atoms with E-state index >= 15 is 0 Å². The Hall–Kier alpha value is -2.00. The second-order valence-electron chi connectivity index (χ2n) is 9.10. The zero-order valence-electron chi connectivity index (χ0n) is 17.9. The first-order chi connectivity index (χ1) is 15.4. The molecular formula is C23H30F3NO5. The molecule has 3 saturated carbocycles. The minimum atomic E-state index is -3.04. The SMILES string of the molecule is O=C(NC1CCC(OCC(O)C2CC2)CC1)C1CC(Oc2cc(F)ccc2OC(F)F)C1. The maximum absolute atomic E-state index is 13.5. The summed E-state index contributed by atoms with van der Waals surface area (Å²) in [5.74, 6) is -0.767. The van der Waals surface area contributed by atoms with Gasteiger partial charge in [-0.15, -0.1) is 0 Å². The van der Waals surface area contributed by atoms with Crippen molar-refractivity contribution in [2.24, 2.45) is 11.8 Å². The van der Waals surface area contributed by atoms with Crippen LogP contribution in [0.25, 0.3) is 0 Å². The zero-order valence-corrected chi connectivity index (χ0v) is 17.9. The number of alkyl halides is 2. The van der Waals surface area contributed by atoms with Gasteiger partial charge >= 0.3 is 6.61 Å². The predicted molar refractivity (Wildman–Crippen MR) is 109 cm³/mol. The second-order valence-corrected chi connectivity index (χ2v) is 9.10. The Kier molecular flexibility index (Phi) is 7.45. The minimum absolute atomic E-state index is 0.0401. The average molecular weight is 457 g/mol. The largest absolute Gasteiger partial charge is 0.486 e. The number of hydrogen-bond donors (Lipinski definition) is 2. The second kappa shape index (κ2) is 10.3. The molecule has 1 atom stereocenters. The van der Waals surface area contributed by atoms with E-state index in [1.807, 2.05) is 0 Å². The lowest BCUT2D eigenvalue weighted by molar-refractivity contribution is -0.132. The lowest BCUT2D eigenvalue weighted by Crippen LogP contribution is -2.48. The smallest absolute Gasteiger partial charge is 0.387 e. The van der Waals surface area contributed by atoms with Gasteiger partial charge in [-0.2, -0.15) is 8.78 Å². The average Bonchev–Trinajstić information content (AvgIpc) is 3.56. The number of benzene rings is 1. The molecule has 3 fully saturated rings. The lowest BCUT2D eigenvalue weighted by Gasteiger charge is -2.36. The summed E-state index contributed by atoms with van der Waals surface area (Å²) in [6, 6.07) is 3.24. The van der Waals surface area contributed by atoms with Crippen molar-refractivity contribution in [3.8, 4) is 11.5 Å². The molecule has 4 rings (SSSR count). The molecule has 2 N–H and O–H groups in total. The normalized spacial score (nSPS) is 28.7. The molecule has 3 aliphatic carbocycles. The molecular weight excluding hydrogens is 427 g/mol. The van der Waals surface area contributed by atoms with Gasteiger partial charge in [0.15, 0.2) is 11.5 Å². The van der Waals surface area contributed by atoms with Gasteiger partial charge in [0.25, 0.3) is 0 Å². The Morgan fingerprint density at radius 3 is 2.44 bits per heavy atom. The van der Waals surface area contributed by atoms with Crippen molar-refractivity contribution in [3.05, 3.63) is 24.0 Å². The monoisotopic (exact) mass is 457 g/mol. The fourth-order valence-corrected chi connectivity index (χ4v) is 4.37. The van der Waals surface area contributed by atoms with Crippen LogP contribution in [0.15, 0.2) is 18.2 Å². The van der Waals surface area contributed by atoms with Crippen molar-refractivity contribution in [2.45, 2.75) is 82.3 Å². The van der Waals surface area contributed by atoms with E-state index < -0.39 is 12.4 Å². The summed E-state index contributed by atoms with van der Waals surface area (Å²) < 4.78 is 54.3. The molecule has 1 aromatic carbocycles. The molecule has 1 aromatic rings. The summed E-state index contributed by atoms with van der Waals surface area (Å²) in [7, 11) is 0. The van der Waals surface area contributed by atoms with Crippen molar-refractivity contribution in [1.82, 2.24) is 5.32 Å². The maximum Gasteiger partial charge on any atom is 0.387 e. The van der Waals surface area contributed by atoms with E-state index in [4.69, 9.17) is 9.47 Å². The molecule has 1 amide bonds. The molecule has 6 nitrogen and oxygen atoms in total. The van der Waals surface area contributed by atoms with Crippen LogP contribution in [-0.2, 0) is 9.53 Å². The van der Waals surface area contributed by atoms with Crippen LogP contribution >= 0.6 is 0 Å². The van der Waals surface area contributed by atoms with Gasteiger partial charge in [-0.1, -0.05) is 0 Å². The van der Waals surface area contributed by atoms with E-state index in [1.54, 1.807) is 0 Å². The van der Waals surface area contributed by atoms with Crippen molar-refractivity contribution in [1.29, 1.82) is 0 Å². The summed E-state index contributed by atoms with van der Waals surface area (Å²) in [4.78, 5) is 12.5. The predicted octanol–water partition coefficient (Wildman–Crippen LogP) is 3.80. The minimum Gasteiger partial charge on any atom is -0.486 e. The number of aliphatic hydroxyl groups excluding tert-OH is 1. The highest BCUT2D eigenvalue weighted by molar-refractivity contribution is 5.80. The summed E-state index contributed by atoms with van der Waals surface area (Å²) in [6.07, 6.45) is 5.85. The first-order valence-corrected chi connectivity index (χ1v) is 11.4. The number of carbonyl (C=O) groups excluding carboxylic acids is 1. The summed E-state index contributed by atoms with van der Waals surface area (Å²) in [6.45, 7) is -2.64. The van der Waals surface area contributed by atoms with Gasteiger partial charge in [0, 0.05) is 18.0 Å². The molecule has 0 aliphatic heterocycles. The van der Waals surface area contributed by atoms with Gasteiger partial charge in [-0.3, -0.25) is 4.79 Å². The number of hydrogen-bond acceptors (Lipinski definition) is 5. The lowest BCUT2D eigenvalue weighted by atomic mass is 9.81. The van der Waals surface area contributed by atoms with E-state index in [2.05, 4.69) is 10.1 Å². The highest BCUT2D eigenvalue weighted by Gasteiger charge is 2.38. The van der Waals surface area contributed by atoms with E-state index in [1.165, 1.54) is 0 Å². The number of aliphatic hydroxyl groups is 1. The first-order valence-electron chi connectivity index (χ1n) is 11.4. The van der Waals surface area contributed by atoms with Crippen LogP contribution in [0.3, 0.4) is 0 Å². The standard InChI is InChI=1S/C23H30F3NO5/c24-15-3-8-20(32-23(25)26)21(11-15)31-18-9-14(10-18)22(29)27-16-4-6-17(7-5-16)30-12-19(28)13-1-2-13/h3,8,11,13-14,16-19,23,28H,1-2,4-7,9-10,12H2,(H,27,29). The highest BCUT2D eigenvalue weighted by atomic mass is 19.3. The number of rotatable bonds is 10. The van der Waals surface area contributed by atoms with E-state index in [0.717, 1.165) is 56.7 Å². The third kappa shape index (κ3) is 6.28. The number of carbonyl (C=O) groups is 1. The number of ether oxygens (including phenoxy) is 3. The van der Waals surface area contributed by atoms with Gasteiger partial charge < -0.3 is 24.6 Å². The van der Waals surface area contributed by atoms with Gasteiger partial charge in [0.1, 0.15) is 11.9 Å². The Balaban J connectivity index is 1.15. The summed E-state index contributed by atoms with van der Waals surface area (Å²) >= 11 is 0. The van der Waals surface area contributed by atoms with Crippen molar-refractivity contribution >= 4 is 5.91 Å². The van der Waals surface area contributed by atoms with E-state index in [-0.39, 0.29) is 47.7 Å². The van der Waals surface area contributed by atoms with Gasteiger partial charge in [0.05, 0.1) is 18.8 Å². The molecule has 1 unspecified atom stereocenters. The van der Waals surface area contributed by atoms with Crippen molar-refractivity contribution in [3.63, 3.8) is 0 Å². The first kappa shape index (κ1) is 23.2. The van der Waals surface area contributed by atoms with Gasteiger partial charge in [0.2, 0.25) is 5.91 Å². The highest BCUT2D eigenvalue weighted by Crippen LogP contribution is 2.37. The van der Waals surface area contributed by atoms with Crippen LogP contribution in [0.4, 0.5) is 13.2 Å². The van der Waals surface area contributed by atoms with Gasteiger partial charge in [-0.05, 0) is 69.4 Å². The molecule has 0 heterocycles. The molecule has 178 valence electrons. The Bertz CT molecular complexity index is 777. The molecule has 3 aliphatic rings. The number of halogens is 3. The van der Waals surface area contributed by atoms with Crippen molar-refractivity contribution in [2.75, 3.05) is 6.61 Å². The molecule has 32 heavy (non-hydrogen) atoms. The molecule has 0 saturated heterocycles. The molecule has 0 spiro atoms. The zero-order chi connectivity index (χ0) is 22.7. The maximum atomic E-state index is 13.5. The molecule has 0 radical (unpaired) electrons. The Labute approximate surface area is 185 Å². The summed E-state index contributed by atoms with van der Waals surface area (Å²) in [5.41, 5.74) is 0. The van der Waals surface area contributed by atoms with Crippen LogP contribution < -0.4 is 14.8 Å². The number of nitrogens with one attached hydrogen (secondary N) is 1. The third-order valence-corrected chi connectivity index (χ3v) is 6.57. The Morgan fingerprint density at radius 1 is 1.06 bits per heavy atom. The van der Waals surface area contributed by atoms with Crippen LogP contribution in [-0.4, -0.2) is 48.6 Å². The van der Waals surface area contributed by atoms with Crippen LogP contribution in [0.1, 0.15) is 51.4 Å².